The van der Waals surface area contributed by atoms with Crippen LogP contribution in [0.4, 0.5) is 0 Å². The summed E-state index contributed by atoms with van der Waals surface area (Å²) in [5.74, 6) is 1.75. The lowest BCUT2D eigenvalue weighted by molar-refractivity contribution is 0.203. The maximum absolute atomic E-state index is 5.30. The molecule has 0 aromatic heterocycles. The highest BCUT2D eigenvalue weighted by atomic mass is 16.5. The lowest BCUT2D eigenvalue weighted by Crippen LogP contribution is -2.47. The Morgan fingerprint density at radius 1 is 1.08 bits per heavy atom. The summed E-state index contributed by atoms with van der Waals surface area (Å²) in [6, 6.07) is 8.56. The summed E-state index contributed by atoms with van der Waals surface area (Å²) in [4.78, 5) is 4.32. The second-order valence-corrected chi connectivity index (χ2v) is 6.41. The van der Waals surface area contributed by atoms with Crippen LogP contribution in [0.15, 0.2) is 29.3 Å². The van der Waals surface area contributed by atoms with Crippen molar-refractivity contribution >= 4 is 5.96 Å². The molecule has 1 saturated carbocycles. The van der Waals surface area contributed by atoms with Crippen molar-refractivity contribution in [3.63, 3.8) is 0 Å². The Bertz CT molecular complexity index is 508. The molecule has 0 heterocycles. The van der Waals surface area contributed by atoms with Crippen LogP contribution in [-0.2, 0) is 10.2 Å². The van der Waals surface area contributed by atoms with Crippen molar-refractivity contribution in [2.45, 2.75) is 37.5 Å². The number of nitrogens with one attached hydrogen (secondary N) is 2. The predicted molar refractivity (Wildman–Crippen MR) is 99.0 cm³/mol. The Balaban J connectivity index is 2.06. The third kappa shape index (κ3) is 4.87. The smallest absolute Gasteiger partial charge is 0.191 e. The Kier molecular flexibility index (Phi) is 7.37. The molecule has 2 rings (SSSR count). The van der Waals surface area contributed by atoms with Gasteiger partial charge in [0, 0.05) is 32.7 Å². The molecule has 5 nitrogen and oxygen atoms in total. The zero-order valence-corrected chi connectivity index (χ0v) is 15.2. The number of guanidine groups is 1. The van der Waals surface area contributed by atoms with Crippen LogP contribution < -0.4 is 15.4 Å². The van der Waals surface area contributed by atoms with E-state index in [1.54, 1.807) is 14.2 Å². The van der Waals surface area contributed by atoms with E-state index in [1.807, 2.05) is 7.05 Å². The third-order valence-electron chi connectivity index (χ3n) is 4.93. The molecule has 2 N–H and O–H groups in total. The average Bonchev–Trinajstić information content (AvgIpc) is 2.65. The van der Waals surface area contributed by atoms with Crippen molar-refractivity contribution in [1.82, 2.24) is 10.6 Å². The summed E-state index contributed by atoms with van der Waals surface area (Å²) in [5.41, 5.74) is 1.56. The highest BCUT2D eigenvalue weighted by molar-refractivity contribution is 5.79. The minimum absolute atomic E-state index is 0.170. The van der Waals surface area contributed by atoms with Crippen LogP contribution >= 0.6 is 0 Å². The fraction of sp³-hybridized carbons (Fsp3) is 0.632. The van der Waals surface area contributed by atoms with Gasteiger partial charge >= 0.3 is 0 Å². The van der Waals surface area contributed by atoms with E-state index in [1.165, 1.54) is 37.7 Å². The molecule has 1 fully saturated rings. The molecule has 0 unspecified atom stereocenters. The fourth-order valence-electron chi connectivity index (χ4n) is 3.49. The van der Waals surface area contributed by atoms with Crippen molar-refractivity contribution < 1.29 is 9.47 Å². The number of benzene rings is 1. The molecule has 1 aromatic rings. The Morgan fingerprint density at radius 3 is 2.38 bits per heavy atom. The molecule has 0 radical (unpaired) electrons. The van der Waals surface area contributed by atoms with Gasteiger partial charge in [-0.2, -0.15) is 0 Å². The minimum atomic E-state index is 0.170. The zero-order chi connectivity index (χ0) is 17.3. The quantitative estimate of drug-likeness (QED) is 0.458. The number of nitrogens with zero attached hydrogens (tertiary/aromatic N) is 1. The second-order valence-electron chi connectivity index (χ2n) is 6.41. The largest absolute Gasteiger partial charge is 0.497 e. The first-order valence-corrected chi connectivity index (χ1v) is 8.82. The maximum Gasteiger partial charge on any atom is 0.191 e. The summed E-state index contributed by atoms with van der Waals surface area (Å²) >= 11 is 0. The standard InChI is InChI=1S/C19H31N3O2/c1-20-18(21-13-14-23-2)22-15-19(11-5-4-6-12-19)16-7-9-17(24-3)10-8-16/h7-10H,4-6,11-15H2,1-3H3,(H2,20,21,22). The van der Waals surface area contributed by atoms with E-state index in [4.69, 9.17) is 9.47 Å². The first kappa shape index (κ1) is 18.6. The molecular formula is C19H31N3O2. The molecule has 134 valence electrons. The lowest BCUT2D eigenvalue weighted by Gasteiger charge is -2.38. The number of ether oxygens (including phenoxy) is 2. The molecular weight excluding hydrogens is 302 g/mol. The second kappa shape index (κ2) is 9.52. The lowest BCUT2D eigenvalue weighted by atomic mass is 9.69. The van der Waals surface area contributed by atoms with Gasteiger partial charge in [0.1, 0.15) is 5.75 Å². The van der Waals surface area contributed by atoms with E-state index in [-0.39, 0.29) is 5.41 Å². The molecule has 1 aromatic carbocycles. The topological polar surface area (TPSA) is 54.9 Å². The van der Waals surface area contributed by atoms with E-state index in [9.17, 15) is 0 Å². The van der Waals surface area contributed by atoms with Gasteiger partial charge in [-0.1, -0.05) is 31.4 Å². The molecule has 0 aliphatic heterocycles. The molecule has 5 heteroatoms. The van der Waals surface area contributed by atoms with Gasteiger partial charge in [0.15, 0.2) is 5.96 Å². The average molecular weight is 333 g/mol. The Hall–Kier alpha value is -1.75. The number of rotatable bonds is 7. The van der Waals surface area contributed by atoms with Crippen LogP contribution in [0.25, 0.3) is 0 Å². The number of hydrogen-bond acceptors (Lipinski definition) is 3. The van der Waals surface area contributed by atoms with E-state index in [0.717, 1.165) is 24.8 Å². The van der Waals surface area contributed by atoms with Crippen molar-refractivity contribution in [2.75, 3.05) is 41.0 Å². The minimum Gasteiger partial charge on any atom is -0.497 e. The van der Waals surface area contributed by atoms with Crippen molar-refractivity contribution in [3.8, 4) is 5.75 Å². The van der Waals surface area contributed by atoms with Gasteiger partial charge in [-0.25, -0.2) is 0 Å². The molecule has 0 atom stereocenters. The summed E-state index contributed by atoms with van der Waals surface area (Å²) in [5, 5.41) is 6.81. The summed E-state index contributed by atoms with van der Waals surface area (Å²) in [6.45, 7) is 2.32. The number of methoxy groups -OCH3 is 2. The van der Waals surface area contributed by atoms with Crippen LogP contribution in [0.1, 0.15) is 37.7 Å². The highest BCUT2D eigenvalue weighted by Crippen LogP contribution is 2.39. The summed E-state index contributed by atoms with van der Waals surface area (Å²) in [6.07, 6.45) is 6.31. The molecule has 24 heavy (non-hydrogen) atoms. The molecule has 1 aliphatic carbocycles. The van der Waals surface area contributed by atoms with Gasteiger partial charge in [-0.05, 0) is 30.5 Å². The van der Waals surface area contributed by atoms with Gasteiger partial charge in [-0.15, -0.1) is 0 Å². The van der Waals surface area contributed by atoms with E-state index in [0.29, 0.717) is 6.61 Å². The Labute approximate surface area is 145 Å². The molecule has 0 amide bonds. The van der Waals surface area contributed by atoms with Crippen molar-refractivity contribution in [1.29, 1.82) is 0 Å². The summed E-state index contributed by atoms with van der Waals surface area (Å²) in [7, 11) is 5.23. The number of hydrogen-bond donors (Lipinski definition) is 2. The molecule has 1 aliphatic rings. The van der Waals surface area contributed by atoms with Gasteiger partial charge in [0.25, 0.3) is 0 Å². The van der Waals surface area contributed by atoms with Crippen LogP contribution in [0.2, 0.25) is 0 Å². The van der Waals surface area contributed by atoms with Crippen LogP contribution in [0.5, 0.6) is 5.75 Å². The highest BCUT2D eigenvalue weighted by Gasteiger charge is 2.34. The Morgan fingerprint density at radius 2 is 1.79 bits per heavy atom. The van der Waals surface area contributed by atoms with Crippen molar-refractivity contribution in [3.05, 3.63) is 29.8 Å². The molecule has 0 spiro atoms. The van der Waals surface area contributed by atoms with Crippen LogP contribution in [-0.4, -0.2) is 46.9 Å². The van der Waals surface area contributed by atoms with Crippen LogP contribution in [0, 0.1) is 0 Å². The SMILES string of the molecule is CN=C(NCCOC)NCC1(c2ccc(OC)cc2)CCCCC1. The zero-order valence-electron chi connectivity index (χ0n) is 15.2. The monoisotopic (exact) mass is 333 g/mol. The predicted octanol–water partition coefficient (Wildman–Crippen LogP) is 2.71. The first-order valence-electron chi connectivity index (χ1n) is 8.82. The van der Waals surface area contributed by atoms with Gasteiger partial charge in [-0.3, -0.25) is 4.99 Å². The number of aliphatic imine (C=N–C) groups is 1. The van der Waals surface area contributed by atoms with Gasteiger partial charge in [0.05, 0.1) is 13.7 Å². The third-order valence-corrected chi connectivity index (χ3v) is 4.93. The summed E-state index contributed by atoms with van der Waals surface area (Å²) < 4.78 is 10.4. The first-order chi connectivity index (χ1) is 11.7. The van der Waals surface area contributed by atoms with E-state index < -0.39 is 0 Å². The van der Waals surface area contributed by atoms with Crippen LogP contribution in [0.3, 0.4) is 0 Å². The van der Waals surface area contributed by atoms with E-state index >= 15 is 0 Å². The fourth-order valence-corrected chi connectivity index (χ4v) is 3.49. The van der Waals surface area contributed by atoms with Gasteiger partial charge < -0.3 is 20.1 Å². The molecule has 0 saturated heterocycles. The normalized spacial score (nSPS) is 17.4. The van der Waals surface area contributed by atoms with Gasteiger partial charge in [0.2, 0.25) is 0 Å². The van der Waals surface area contributed by atoms with E-state index in [2.05, 4.69) is 39.9 Å². The molecule has 0 bridgehead atoms. The van der Waals surface area contributed by atoms with Crippen molar-refractivity contribution in [2.24, 2.45) is 4.99 Å². The maximum atomic E-state index is 5.30.